The monoisotopic (exact) mass is 239 g/mol. The van der Waals surface area contributed by atoms with Gasteiger partial charge >= 0.3 is 0 Å². The lowest BCUT2D eigenvalue weighted by Crippen LogP contribution is -2.00. The van der Waals surface area contributed by atoms with Gasteiger partial charge in [-0.05, 0) is 30.5 Å². The van der Waals surface area contributed by atoms with Gasteiger partial charge < -0.3 is 9.47 Å². The molecule has 0 fully saturated rings. The van der Waals surface area contributed by atoms with Crippen molar-refractivity contribution in [3.05, 3.63) is 34.3 Å². The molecule has 0 aromatic heterocycles. The van der Waals surface area contributed by atoms with Crippen LogP contribution >= 0.6 is 11.6 Å². The van der Waals surface area contributed by atoms with Gasteiger partial charge in [-0.2, -0.15) is 5.26 Å². The van der Waals surface area contributed by atoms with Gasteiger partial charge in [0.15, 0.2) is 0 Å². The van der Waals surface area contributed by atoms with Crippen molar-refractivity contribution in [1.29, 1.82) is 5.26 Å². The van der Waals surface area contributed by atoms with E-state index in [9.17, 15) is 0 Å². The van der Waals surface area contributed by atoms with Crippen molar-refractivity contribution in [3.63, 3.8) is 0 Å². The van der Waals surface area contributed by atoms with Gasteiger partial charge in [-0.3, -0.25) is 0 Å². The standard InChI is InChI=1S/C12H14ClNO2/c1-15-9-16-6-2-3-10-4-5-11(8-14)12(13)7-10/h4-5,7H,2-3,6,9H2,1H3. The van der Waals surface area contributed by atoms with E-state index in [2.05, 4.69) is 0 Å². The third kappa shape index (κ3) is 4.19. The van der Waals surface area contributed by atoms with Gasteiger partial charge in [0.1, 0.15) is 12.9 Å². The first-order chi connectivity index (χ1) is 7.77. The van der Waals surface area contributed by atoms with Gasteiger partial charge in [0.25, 0.3) is 0 Å². The number of aryl methyl sites for hydroxylation is 1. The van der Waals surface area contributed by atoms with Crippen LogP contribution in [0, 0.1) is 11.3 Å². The molecule has 0 saturated heterocycles. The van der Waals surface area contributed by atoms with Crippen LogP contribution in [0.1, 0.15) is 17.5 Å². The molecule has 86 valence electrons. The van der Waals surface area contributed by atoms with Crippen LogP contribution in [-0.2, 0) is 15.9 Å². The number of ether oxygens (including phenoxy) is 2. The Balaban J connectivity index is 2.38. The van der Waals surface area contributed by atoms with E-state index in [-0.39, 0.29) is 0 Å². The van der Waals surface area contributed by atoms with E-state index in [4.69, 9.17) is 26.3 Å². The normalized spacial score (nSPS) is 10.1. The molecular formula is C12H14ClNO2. The molecule has 0 atom stereocenters. The molecule has 0 aliphatic carbocycles. The van der Waals surface area contributed by atoms with Gasteiger partial charge in [0.05, 0.1) is 10.6 Å². The zero-order valence-corrected chi connectivity index (χ0v) is 9.96. The van der Waals surface area contributed by atoms with Gasteiger partial charge in [-0.15, -0.1) is 0 Å². The van der Waals surface area contributed by atoms with E-state index in [0.717, 1.165) is 18.4 Å². The number of benzene rings is 1. The van der Waals surface area contributed by atoms with Crippen molar-refractivity contribution in [2.45, 2.75) is 12.8 Å². The van der Waals surface area contributed by atoms with Crippen molar-refractivity contribution in [2.75, 3.05) is 20.5 Å². The Labute approximate surface area is 101 Å². The number of halogens is 1. The average molecular weight is 240 g/mol. The summed E-state index contributed by atoms with van der Waals surface area (Å²) in [5.74, 6) is 0. The van der Waals surface area contributed by atoms with E-state index < -0.39 is 0 Å². The summed E-state index contributed by atoms with van der Waals surface area (Å²) < 4.78 is 9.94. The Hall–Kier alpha value is -1.08. The highest BCUT2D eigenvalue weighted by Gasteiger charge is 2.00. The zero-order valence-electron chi connectivity index (χ0n) is 9.20. The molecule has 0 radical (unpaired) electrons. The largest absolute Gasteiger partial charge is 0.359 e. The number of hydrogen-bond acceptors (Lipinski definition) is 3. The third-order valence-electron chi connectivity index (χ3n) is 2.11. The van der Waals surface area contributed by atoms with Crippen LogP contribution in [0.3, 0.4) is 0 Å². The molecule has 1 aromatic rings. The van der Waals surface area contributed by atoms with Crippen molar-refractivity contribution in [1.82, 2.24) is 0 Å². The molecule has 16 heavy (non-hydrogen) atoms. The lowest BCUT2D eigenvalue weighted by atomic mass is 10.1. The highest BCUT2D eigenvalue weighted by Crippen LogP contribution is 2.17. The molecule has 0 saturated carbocycles. The molecule has 0 unspecified atom stereocenters. The summed E-state index contributed by atoms with van der Waals surface area (Å²) in [7, 11) is 1.60. The quantitative estimate of drug-likeness (QED) is 0.566. The minimum atomic E-state index is 0.328. The number of nitrogens with zero attached hydrogens (tertiary/aromatic N) is 1. The maximum absolute atomic E-state index is 8.71. The van der Waals surface area contributed by atoms with E-state index in [1.54, 1.807) is 13.2 Å². The van der Waals surface area contributed by atoms with Crippen LogP contribution < -0.4 is 0 Å². The Morgan fingerprint density at radius 1 is 1.44 bits per heavy atom. The molecular weight excluding hydrogens is 226 g/mol. The summed E-state index contributed by atoms with van der Waals surface area (Å²) in [6.45, 7) is 0.986. The summed E-state index contributed by atoms with van der Waals surface area (Å²) in [4.78, 5) is 0. The predicted molar refractivity (Wildman–Crippen MR) is 62.3 cm³/mol. The first-order valence-electron chi connectivity index (χ1n) is 5.03. The maximum atomic E-state index is 8.71. The van der Waals surface area contributed by atoms with E-state index in [0.29, 0.717) is 24.0 Å². The second-order valence-electron chi connectivity index (χ2n) is 3.34. The fraction of sp³-hybridized carbons (Fsp3) is 0.417. The molecule has 1 aromatic carbocycles. The van der Waals surface area contributed by atoms with Crippen LogP contribution in [0.25, 0.3) is 0 Å². The van der Waals surface area contributed by atoms with Crippen molar-refractivity contribution >= 4 is 11.6 Å². The van der Waals surface area contributed by atoms with E-state index >= 15 is 0 Å². The first kappa shape index (κ1) is 13.0. The minimum Gasteiger partial charge on any atom is -0.359 e. The first-order valence-corrected chi connectivity index (χ1v) is 5.41. The summed E-state index contributed by atoms with van der Waals surface area (Å²) in [5.41, 5.74) is 1.63. The molecule has 0 bridgehead atoms. The summed E-state index contributed by atoms with van der Waals surface area (Å²) >= 11 is 5.92. The van der Waals surface area contributed by atoms with Gasteiger partial charge in [0.2, 0.25) is 0 Å². The Morgan fingerprint density at radius 2 is 2.25 bits per heavy atom. The lowest BCUT2D eigenvalue weighted by Gasteiger charge is -2.04. The van der Waals surface area contributed by atoms with Crippen LogP contribution in [0.5, 0.6) is 0 Å². The van der Waals surface area contributed by atoms with Crippen molar-refractivity contribution in [2.24, 2.45) is 0 Å². The SMILES string of the molecule is COCOCCCc1ccc(C#N)c(Cl)c1. The summed E-state index contributed by atoms with van der Waals surface area (Å²) in [6, 6.07) is 7.52. The number of hydrogen-bond donors (Lipinski definition) is 0. The van der Waals surface area contributed by atoms with Crippen LogP contribution in [-0.4, -0.2) is 20.5 Å². The van der Waals surface area contributed by atoms with Crippen LogP contribution in [0.2, 0.25) is 5.02 Å². The summed E-state index contributed by atoms with van der Waals surface area (Å²) in [5, 5.41) is 9.23. The van der Waals surface area contributed by atoms with Crippen LogP contribution in [0.4, 0.5) is 0 Å². The second kappa shape index (κ2) is 7.24. The zero-order chi connectivity index (χ0) is 11.8. The third-order valence-corrected chi connectivity index (χ3v) is 2.42. The van der Waals surface area contributed by atoms with Gasteiger partial charge in [0, 0.05) is 13.7 Å². The Bertz CT molecular complexity index is 374. The van der Waals surface area contributed by atoms with Gasteiger partial charge in [-0.25, -0.2) is 0 Å². The summed E-state index contributed by atoms with van der Waals surface area (Å²) in [6.07, 6.45) is 1.79. The Kier molecular flexibility index (Phi) is 5.87. The highest BCUT2D eigenvalue weighted by atomic mass is 35.5. The van der Waals surface area contributed by atoms with Gasteiger partial charge in [-0.1, -0.05) is 17.7 Å². The molecule has 0 N–H and O–H groups in total. The molecule has 0 amide bonds. The van der Waals surface area contributed by atoms with Crippen molar-refractivity contribution in [3.8, 4) is 6.07 Å². The minimum absolute atomic E-state index is 0.328. The predicted octanol–water partition coefficient (Wildman–Crippen LogP) is 2.76. The molecule has 4 heteroatoms. The molecule has 1 rings (SSSR count). The lowest BCUT2D eigenvalue weighted by molar-refractivity contribution is -0.0310. The second-order valence-corrected chi connectivity index (χ2v) is 3.75. The molecule has 0 aliphatic heterocycles. The maximum Gasteiger partial charge on any atom is 0.146 e. The smallest absolute Gasteiger partial charge is 0.146 e. The molecule has 0 heterocycles. The van der Waals surface area contributed by atoms with E-state index in [1.807, 2.05) is 18.2 Å². The average Bonchev–Trinajstić information content (AvgIpc) is 2.29. The Morgan fingerprint density at radius 3 is 2.88 bits per heavy atom. The highest BCUT2D eigenvalue weighted by molar-refractivity contribution is 6.31. The van der Waals surface area contributed by atoms with E-state index in [1.165, 1.54) is 0 Å². The molecule has 0 aliphatic rings. The number of methoxy groups -OCH3 is 1. The molecule has 0 spiro atoms. The number of nitriles is 1. The fourth-order valence-corrected chi connectivity index (χ4v) is 1.57. The van der Waals surface area contributed by atoms with Crippen molar-refractivity contribution < 1.29 is 9.47 Å². The fourth-order valence-electron chi connectivity index (χ4n) is 1.33. The topological polar surface area (TPSA) is 42.2 Å². The number of rotatable bonds is 6. The van der Waals surface area contributed by atoms with Crippen LogP contribution in [0.15, 0.2) is 18.2 Å². The molecule has 3 nitrogen and oxygen atoms in total.